The van der Waals surface area contributed by atoms with Crippen LogP contribution in [0.2, 0.25) is 0 Å². The molecule has 0 saturated heterocycles. The second kappa shape index (κ2) is 5.79. The lowest BCUT2D eigenvalue weighted by Gasteiger charge is -2.29. The van der Waals surface area contributed by atoms with Crippen LogP contribution in [0, 0.1) is 23.7 Å². The normalized spacial score (nSPS) is 17.5. The van der Waals surface area contributed by atoms with Crippen LogP contribution in [-0.4, -0.2) is 15.9 Å². The molecule has 0 aromatic carbocycles. The van der Waals surface area contributed by atoms with Crippen molar-refractivity contribution in [2.45, 2.75) is 45.6 Å². The number of amides is 1. The summed E-state index contributed by atoms with van der Waals surface area (Å²) in [6, 6.07) is 2.21. The van der Waals surface area contributed by atoms with Gasteiger partial charge in [0.1, 0.15) is 5.41 Å². The van der Waals surface area contributed by atoms with E-state index >= 15 is 0 Å². The first-order valence-corrected chi connectivity index (χ1v) is 6.63. The summed E-state index contributed by atoms with van der Waals surface area (Å²) >= 11 is 0. The van der Waals surface area contributed by atoms with Gasteiger partial charge in [-0.1, -0.05) is 19.3 Å². The maximum atomic E-state index is 12.2. The van der Waals surface area contributed by atoms with Crippen molar-refractivity contribution in [3.05, 3.63) is 23.8 Å². The first-order chi connectivity index (χ1) is 9.16. The molecule has 1 aliphatic carbocycles. The summed E-state index contributed by atoms with van der Waals surface area (Å²) in [5.74, 6) is -0.169. The van der Waals surface area contributed by atoms with Crippen molar-refractivity contribution >= 4 is 5.91 Å². The largest absolute Gasteiger partial charge is 0.349 e. The molecule has 0 spiro atoms. The fourth-order valence-electron chi connectivity index (χ4n) is 2.40. The summed E-state index contributed by atoms with van der Waals surface area (Å²) in [5, 5.41) is 12.1. The Hall–Kier alpha value is -1.96. The molecule has 0 unspecified atom stereocenters. The number of rotatable bonds is 3. The molecular formula is C14H18N4O. The second-order valence-electron chi connectivity index (χ2n) is 5.09. The highest BCUT2D eigenvalue weighted by atomic mass is 16.2. The van der Waals surface area contributed by atoms with Gasteiger partial charge in [0.2, 0.25) is 5.91 Å². The molecule has 0 radical (unpaired) electrons. The zero-order chi connectivity index (χ0) is 13.7. The van der Waals surface area contributed by atoms with Crippen LogP contribution in [0.5, 0.6) is 0 Å². The Morgan fingerprint density at radius 1 is 1.37 bits per heavy atom. The highest BCUT2D eigenvalue weighted by molar-refractivity contribution is 5.85. The Morgan fingerprint density at radius 2 is 2.11 bits per heavy atom. The molecule has 5 nitrogen and oxygen atoms in total. The zero-order valence-electron chi connectivity index (χ0n) is 11.1. The summed E-state index contributed by atoms with van der Waals surface area (Å²) in [5.41, 5.74) is 0.717. The van der Waals surface area contributed by atoms with Crippen molar-refractivity contribution in [2.75, 3.05) is 0 Å². The van der Waals surface area contributed by atoms with Crippen LogP contribution in [-0.2, 0) is 11.3 Å². The lowest BCUT2D eigenvalue weighted by Crippen LogP contribution is -2.41. The third kappa shape index (κ3) is 3.08. The topological polar surface area (TPSA) is 78.7 Å². The van der Waals surface area contributed by atoms with Crippen molar-refractivity contribution in [2.24, 2.45) is 5.41 Å². The SMILES string of the molecule is Cc1cnc(CNC(=O)C2(C#N)CCCCC2)cn1. The number of hydrogen-bond donors (Lipinski definition) is 1. The van der Waals surface area contributed by atoms with E-state index in [0.717, 1.165) is 25.0 Å². The summed E-state index contributed by atoms with van der Waals surface area (Å²) in [4.78, 5) is 20.5. The monoisotopic (exact) mass is 258 g/mol. The molecule has 100 valence electrons. The van der Waals surface area contributed by atoms with Crippen LogP contribution in [0.25, 0.3) is 0 Å². The summed E-state index contributed by atoms with van der Waals surface area (Å²) in [6.07, 6.45) is 7.65. The molecule has 1 saturated carbocycles. The van der Waals surface area contributed by atoms with E-state index in [1.165, 1.54) is 0 Å². The molecule has 0 bridgehead atoms. The summed E-state index contributed by atoms with van der Waals surface area (Å²) in [6.45, 7) is 2.19. The molecule has 1 heterocycles. The molecule has 1 N–H and O–H groups in total. The Kier molecular flexibility index (Phi) is 4.10. The minimum Gasteiger partial charge on any atom is -0.349 e. The van der Waals surface area contributed by atoms with Gasteiger partial charge in [0.15, 0.2) is 0 Å². The van der Waals surface area contributed by atoms with Crippen molar-refractivity contribution in [3.8, 4) is 6.07 Å². The van der Waals surface area contributed by atoms with E-state index < -0.39 is 5.41 Å². The van der Waals surface area contributed by atoms with Gasteiger partial charge in [0.25, 0.3) is 0 Å². The van der Waals surface area contributed by atoms with Crippen molar-refractivity contribution in [1.29, 1.82) is 5.26 Å². The molecule has 1 aliphatic rings. The number of hydrogen-bond acceptors (Lipinski definition) is 4. The number of nitriles is 1. The third-order valence-electron chi connectivity index (χ3n) is 3.62. The van der Waals surface area contributed by atoms with Crippen molar-refractivity contribution < 1.29 is 4.79 Å². The van der Waals surface area contributed by atoms with Gasteiger partial charge in [0, 0.05) is 6.20 Å². The van der Waals surface area contributed by atoms with Gasteiger partial charge in [-0.25, -0.2) is 0 Å². The standard InChI is InChI=1S/C14H18N4O/c1-11-7-17-12(8-16-11)9-18-13(19)14(10-15)5-3-2-4-6-14/h7-8H,2-6,9H2,1H3,(H,18,19). The minimum atomic E-state index is -0.837. The Morgan fingerprint density at radius 3 is 2.68 bits per heavy atom. The van der Waals surface area contributed by atoms with E-state index in [9.17, 15) is 10.1 Å². The smallest absolute Gasteiger partial charge is 0.240 e. The van der Waals surface area contributed by atoms with E-state index in [0.29, 0.717) is 25.1 Å². The maximum absolute atomic E-state index is 12.2. The van der Waals surface area contributed by atoms with Gasteiger partial charge < -0.3 is 5.32 Å². The average Bonchev–Trinajstić information content (AvgIpc) is 2.47. The fraction of sp³-hybridized carbons (Fsp3) is 0.571. The second-order valence-corrected chi connectivity index (χ2v) is 5.09. The molecular weight excluding hydrogens is 240 g/mol. The van der Waals surface area contributed by atoms with Crippen LogP contribution < -0.4 is 5.32 Å². The molecule has 5 heteroatoms. The number of nitrogens with one attached hydrogen (secondary N) is 1. The van der Waals surface area contributed by atoms with Crippen LogP contribution in [0.1, 0.15) is 43.5 Å². The lowest BCUT2D eigenvalue weighted by atomic mass is 9.74. The summed E-state index contributed by atoms with van der Waals surface area (Å²) in [7, 11) is 0. The molecule has 2 rings (SSSR count). The molecule has 0 atom stereocenters. The van der Waals surface area contributed by atoms with Gasteiger partial charge in [-0.2, -0.15) is 5.26 Å². The first kappa shape index (κ1) is 13.5. The lowest BCUT2D eigenvalue weighted by molar-refractivity contribution is -0.129. The summed E-state index contributed by atoms with van der Waals surface area (Å²) < 4.78 is 0. The van der Waals surface area contributed by atoms with E-state index in [2.05, 4.69) is 21.4 Å². The molecule has 1 aromatic heterocycles. The number of carbonyl (C=O) groups is 1. The van der Waals surface area contributed by atoms with Gasteiger partial charge in [-0.3, -0.25) is 14.8 Å². The van der Waals surface area contributed by atoms with Crippen molar-refractivity contribution in [3.63, 3.8) is 0 Å². The van der Waals surface area contributed by atoms with E-state index in [1.54, 1.807) is 12.4 Å². The quantitative estimate of drug-likeness (QED) is 0.897. The van der Waals surface area contributed by atoms with Crippen LogP contribution in [0.4, 0.5) is 0 Å². The van der Waals surface area contributed by atoms with Crippen LogP contribution >= 0.6 is 0 Å². The highest BCUT2D eigenvalue weighted by Crippen LogP contribution is 2.35. The molecule has 1 fully saturated rings. The third-order valence-corrected chi connectivity index (χ3v) is 3.62. The minimum absolute atomic E-state index is 0.169. The number of carbonyl (C=O) groups excluding carboxylic acids is 1. The van der Waals surface area contributed by atoms with Gasteiger partial charge >= 0.3 is 0 Å². The highest BCUT2D eigenvalue weighted by Gasteiger charge is 2.39. The predicted octanol–water partition coefficient (Wildman–Crippen LogP) is 1.88. The molecule has 1 aromatic rings. The average molecular weight is 258 g/mol. The Balaban J connectivity index is 1.96. The van der Waals surface area contributed by atoms with Crippen molar-refractivity contribution in [1.82, 2.24) is 15.3 Å². The Labute approximate surface area is 113 Å². The number of aromatic nitrogens is 2. The van der Waals surface area contributed by atoms with Crippen LogP contribution in [0.15, 0.2) is 12.4 Å². The van der Waals surface area contributed by atoms with Gasteiger partial charge in [-0.05, 0) is 19.8 Å². The number of nitrogens with zero attached hydrogens (tertiary/aromatic N) is 3. The molecule has 1 amide bonds. The Bertz CT molecular complexity index is 483. The maximum Gasteiger partial charge on any atom is 0.240 e. The van der Waals surface area contributed by atoms with Gasteiger partial charge in [0.05, 0.1) is 30.2 Å². The zero-order valence-corrected chi connectivity index (χ0v) is 11.1. The number of aryl methyl sites for hydroxylation is 1. The van der Waals surface area contributed by atoms with E-state index in [1.807, 2.05) is 6.92 Å². The molecule has 0 aliphatic heterocycles. The predicted molar refractivity (Wildman–Crippen MR) is 69.7 cm³/mol. The molecule has 19 heavy (non-hydrogen) atoms. The van der Waals surface area contributed by atoms with Gasteiger partial charge in [-0.15, -0.1) is 0 Å². The van der Waals surface area contributed by atoms with E-state index in [-0.39, 0.29) is 5.91 Å². The van der Waals surface area contributed by atoms with Crippen LogP contribution in [0.3, 0.4) is 0 Å². The first-order valence-electron chi connectivity index (χ1n) is 6.63. The van der Waals surface area contributed by atoms with E-state index in [4.69, 9.17) is 0 Å². The fourth-order valence-corrected chi connectivity index (χ4v) is 2.40.